The highest BCUT2D eigenvalue weighted by molar-refractivity contribution is 9.10. The predicted octanol–water partition coefficient (Wildman–Crippen LogP) is 4.93. The summed E-state index contributed by atoms with van der Waals surface area (Å²) in [6.45, 7) is 6.01. The Balaban J connectivity index is 2.26. The Morgan fingerprint density at radius 3 is 2.33 bits per heavy atom. The predicted molar refractivity (Wildman–Crippen MR) is 81.8 cm³/mol. The maximum Gasteiger partial charge on any atom is 0.0633 e. The minimum atomic E-state index is 0.785. The van der Waals surface area contributed by atoms with E-state index in [1.54, 1.807) is 0 Å². The average Bonchev–Trinajstić information content (AvgIpc) is 2.39. The molecule has 0 radical (unpaired) electrons. The highest BCUT2D eigenvalue weighted by Gasteiger charge is 2.00. The Morgan fingerprint density at radius 1 is 1.00 bits per heavy atom. The summed E-state index contributed by atoms with van der Waals surface area (Å²) < 4.78 is 1.06. The normalized spacial score (nSPS) is 11.3. The van der Waals surface area contributed by atoms with E-state index in [0.29, 0.717) is 0 Å². The van der Waals surface area contributed by atoms with Crippen molar-refractivity contribution >= 4 is 27.3 Å². The molecule has 0 unspecified atom stereocenters. The average molecular weight is 300 g/mol. The molecule has 0 heterocycles. The smallest absolute Gasteiger partial charge is 0.0633 e. The van der Waals surface area contributed by atoms with E-state index in [1.165, 1.54) is 0 Å². The Hall–Kier alpha value is -1.67. The molecule has 0 fully saturated rings. The maximum atomic E-state index is 4.56. The number of rotatable bonds is 3. The standard InChI is InChI=1S/C16H14BrN/c1-12(14-7-4-3-5-8-14)18-13(2)15-9-6-10-16(17)11-15/h3-11H,1H2,2H3. The SMILES string of the molecule is C=C(N=C(C)c1cccc(Br)c1)c1ccccc1. The van der Waals surface area contributed by atoms with Crippen LogP contribution in [0, 0.1) is 0 Å². The van der Waals surface area contributed by atoms with Crippen LogP contribution in [0.2, 0.25) is 0 Å². The highest BCUT2D eigenvalue weighted by atomic mass is 79.9. The van der Waals surface area contributed by atoms with E-state index in [0.717, 1.165) is 27.0 Å². The largest absolute Gasteiger partial charge is 0.253 e. The lowest BCUT2D eigenvalue weighted by Crippen LogP contribution is -1.95. The second kappa shape index (κ2) is 5.78. The summed E-state index contributed by atoms with van der Waals surface area (Å²) in [5, 5.41) is 0. The molecule has 18 heavy (non-hydrogen) atoms. The van der Waals surface area contributed by atoms with Crippen LogP contribution in [0.4, 0.5) is 0 Å². The van der Waals surface area contributed by atoms with E-state index in [9.17, 15) is 0 Å². The van der Waals surface area contributed by atoms with Crippen molar-refractivity contribution in [2.75, 3.05) is 0 Å². The molecule has 2 heteroatoms. The number of nitrogens with zero attached hydrogens (tertiary/aromatic N) is 1. The van der Waals surface area contributed by atoms with Crippen molar-refractivity contribution in [3.8, 4) is 0 Å². The van der Waals surface area contributed by atoms with E-state index >= 15 is 0 Å². The summed E-state index contributed by atoms with van der Waals surface area (Å²) in [5.74, 6) is 0. The molecule has 2 aromatic rings. The van der Waals surface area contributed by atoms with Gasteiger partial charge in [-0.15, -0.1) is 0 Å². The zero-order valence-corrected chi connectivity index (χ0v) is 11.8. The van der Waals surface area contributed by atoms with Crippen molar-refractivity contribution < 1.29 is 0 Å². The zero-order chi connectivity index (χ0) is 13.0. The third-order valence-corrected chi connectivity index (χ3v) is 3.15. The van der Waals surface area contributed by atoms with Gasteiger partial charge in [-0.05, 0) is 30.2 Å². The number of hydrogen-bond acceptors (Lipinski definition) is 1. The third kappa shape index (κ3) is 3.17. The Morgan fingerprint density at radius 2 is 1.67 bits per heavy atom. The summed E-state index contributed by atoms with van der Waals surface area (Å²) in [6, 6.07) is 18.1. The minimum absolute atomic E-state index is 0.785. The number of aliphatic imine (C=N–C) groups is 1. The van der Waals surface area contributed by atoms with Gasteiger partial charge in [-0.25, -0.2) is 0 Å². The van der Waals surface area contributed by atoms with Crippen LogP contribution in [0.15, 0.2) is 70.6 Å². The molecule has 2 aromatic carbocycles. The lowest BCUT2D eigenvalue weighted by atomic mass is 10.1. The molecule has 0 amide bonds. The second-order valence-corrected chi connectivity index (χ2v) is 4.94. The molecule has 90 valence electrons. The van der Waals surface area contributed by atoms with Gasteiger partial charge in [-0.1, -0.05) is 65.0 Å². The highest BCUT2D eigenvalue weighted by Crippen LogP contribution is 2.17. The molecule has 0 bridgehead atoms. The van der Waals surface area contributed by atoms with Crippen LogP contribution >= 0.6 is 15.9 Å². The quantitative estimate of drug-likeness (QED) is 0.713. The van der Waals surface area contributed by atoms with E-state index < -0.39 is 0 Å². The first-order valence-corrected chi connectivity index (χ1v) is 6.51. The molecule has 0 saturated carbocycles. The van der Waals surface area contributed by atoms with Crippen LogP contribution < -0.4 is 0 Å². The van der Waals surface area contributed by atoms with Gasteiger partial charge in [0.1, 0.15) is 0 Å². The maximum absolute atomic E-state index is 4.56. The fraction of sp³-hybridized carbons (Fsp3) is 0.0625. The third-order valence-electron chi connectivity index (χ3n) is 2.65. The molecule has 0 aliphatic carbocycles. The fourth-order valence-corrected chi connectivity index (χ4v) is 2.07. The first-order chi connectivity index (χ1) is 8.66. The Kier molecular flexibility index (Phi) is 4.11. The molecule has 0 atom stereocenters. The summed E-state index contributed by atoms with van der Waals surface area (Å²) in [6.07, 6.45) is 0. The monoisotopic (exact) mass is 299 g/mol. The van der Waals surface area contributed by atoms with Crippen LogP contribution in [-0.2, 0) is 0 Å². The molecule has 1 nitrogen and oxygen atoms in total. The second-order valence-electron chi connectivity index (χ2n) is 4.02. The van der Waals surface area contributed by atoms with Crippen LogP contribution in [0.25, 0.3) is 5.70 Å². The van der Waals surface area contributed by atoms with E-state index in [1.807, 2.05) is 55.5 Å². The Bertz CT molecular complexity index is 585. The fourth-order valence-electron chi connectivity index (χ4n) is 1.68. The molecule has 0 spiro atoms. The number of halogens is 1. The van der Waals surface area contributed by atoms with Crippen molar-refractivity contribution in [1.82, 2.24) is 0 Å². The summed E-state index contributed by atoms with van der Waals surface area (Å²) in [7, 11) is 0. The number of hydrogen-bond donors (Lipinski definition) is 0. The molecule has 0 aromatic heterocycles. The first kappa shape index (κ1) is 12.8. The van der Waals surface area contributed by atoms with Crippen LogP contribution in [0.5, 0.6) is 0 Å². The van der Waals surface area contributed by atoms with Crippen LogP contribution in [0.3, 0.4) is 0 Å². The van der Waals surface area contributed by atoms with E-state index in [2.05, 4.69) is 33.6 Å². The van der Waals surface area contributed by atoms with Gasteiger partial charge in [0.2, 0.25) is 0 Å². The van der Waals surface area contributed by atoms with Crippen molar-refractivity contribution in [3.63, 3.8) is 0 Å². The summed E-state index contributed by atoms with van der Waals surface area (Å²) >= 11 is 3.46. The van der Waals surface area contributed by atoms with E-state index in [-0.39, 0.29) is 0 Å². The Labute approximate surface area is 116 Å². The van der Waals surface area contributed by atoms with Crippen LogP contribution in [-0.4, -0.2) is 5.71 Å². The van der Waals surface area contributed by atoms with Crippen molar-refractivity contribution in [2.45, 2.75) is 6.92 Å². The van der Waals surface area contributed by atoms with Crippen molar-refractivity contribution in [3.05, 3.63) is 76.8 Å². The van der Waals surface area contributed by atoms with Gasteiger partial charge in [0.25, 0.3) is 0 Å². The molecule has 0 saturated heterocycles. The van der Waals surface area contributed by atoms with Gasteiger partial charge in [0.15, 0.2) is 0 Å². The zero-order valence-electron chi connectivity index (χ0n) is 10.2. The molecular formula is C16H14BrN. The topological polar surface area (TPSA) is 12.4 Å². The van der Waals surface area contributed by atoms with Gasteiger partial charge in [-0.2, -0.15) is 0 Å². The van der Waals surface area contributed by atoms with E-state index in [4.69, 9.17) is 0 Å². The summed E-state index contributed by atoms with van der Waals surface area (Å²) in [5.41, 5.74) is 3.89. The molecule has 0 aliphatic rings. The van der Waals surface area contributed by atoms with Gasteiger partial charge in [0.05, 0.1) is 5.70 Å². The lowest BCUT2D eigenvalue weighted by Gasteiger charge is -2.04. The summed E-state index contributed by atoms with van der Waals surface area (Å²) in [4.78, 5) is 4.56. The first-order valence-electron chi connectivity index (χ1n) is 5.72. The van der Waals surface area contributed by atoms with Crippen LogP contribution in [0.1, 0.15) is 18.1 Å². The lowest BCUT2D eigenvalue weighted by molar-refractivity contribution is 1.47. The molecule has 0 aliphatic heterocycles. The van der Waals surface area contributed by atoms with Gasteiger partial charge < -0.3 is 0 Å². The van der Waals surface area contributed by atoms with Crippen molar-refractivity contribution in [1.29, 1.82) is 0 Å². The molecular weight excluding hydrogens is 286 g/mol. The van der Waals surface area contributed by atoms with Crippen molar-refractivity contribution in [2.24, 2.45) is 4.99 Å². The van der Waals surface area contributed by atoms with Gasteiger partial charge >= 0.3 is 0 Å². The van der Waals surface area contributed by atoms with Gasteiger partial charge in [-0.3, -0.25) is 4.99 Å². The van der Waals surface area contributed by atoms with Gasteiger partial charge in [0, 0.05) is 10.2 Å². The number of benzene rings is 2. The minimum Gasteiger partial charge on any atom is -0.253 e. The molecule has 0 N–H and O–H groups in total. The molecule has 2 rings (SSSR count).